The van der Waals surface area contributed by atoms with Crippen LogP contribution in [0, 0.1) is 27.7 Å². The Kier molecular flexibility index (Phi) is 6.88. The van der Waals surface area contributed by atoms with Gasteiger partial charge >= 0.3 is 0 Å². The number of rotatable bonds is 8. The Labute approximate surface area is 146 Å². The molecule has 2 heterocycles. The van der Waals surface area contributed by atoms with E-state index in [-0.39, 0.29) is 0 Å². The van der Waals surface area contributed by atoms with Gasteiger partial charge in [0.1, 0.15) is 0 Å². The summed E-state index contributed by atoms with van der Waals surface area (Å²) in [6.45, 7) is 12.0. The van der Waals surface area contributed by atoms with Crippen LogP contribution in [0.3, 0.4) is 0 Å². The molecule has 2 aromatic rings. The molecule has 4 heteroatoms. The molecule has 0 aliphatic heterocycles. The van der Waals surface area contributed by atoms with Gasteiger partial charge in [-0.1, -0.05) is 6.07 Å². The summed E-state index contributed by atoms with van der Waals surface area (Å²) in [5, 5.41) is 0. The van der Waals surface area contributed by atoms with Crippen molar-refractivity contribution in [3.8, 4) is 0 Å². The van der Waals surface area contributed by atoms with Gasteiger partial charge in [-0.25, -0.2) is 0 Å². The maximum Gasteiger partial charge on any atom is 0.0575 e. The van der Waals surface area contributed by atoms with Crippen LogP contribution < -0.4 is 5.73 Å². The Morgan fingerprint density at radius 2 is 1.71 bits per heavy atom. The fraction of sp³-hybridized carbons (Fsp3) is 0.500. The molecule has 2 N–H and O–H groups in total. The lowest BCUT2D eigenvalue weighted by Gasteiger charge is -2.23. The van der Waals surface area contributed by atoms with E-state index in [1.165, 1.54) is 22.3 Å². The predicted molar refractivity (Wildman–Crippen MR) is 99.8 cm³/mol. The highest BCUT2D eigenvalue weighted by Gasteiger charge is 2.12. The molecular weight excluding hydrogens is 296 g/mol. The molecule has 0 atom stereocenters. The van der Waals surface area contributed by atoms with Crippen LogP contribution in [0.25, 0.3) is 0 Å². The van der Waals surface area contributed by atoms with Gasteiger partial charge in [-0.05, 0) is 81.9 Å². The molecule has 0 unspecified atom stereocenters. The van der Waals surface area contributed by atoms with Gasteiger partial charge in [-0.15, -0.1) is 0 Å². The molecule has 0 saturated heterocycles. The summed E-state index contributed by atoms with van der Waals surface area (Å²) in [5.74, 6) is 0. The zero-order valence-electron chi connectivity index (χ0n) is 15.5. The Morgan fingerprint density at radius 1 is 0.958 bits per heavy atom. The van der Waals surface area contributed by atoms with Crippen molar-refractivity contribution in [3.63, 3.8) is 0 Å². The second kappa shape index (κ2) is 8.90. The van der Waals surface area contributed by atoms with Crippen molar-refractivity contribution in [1.82, 2.24) is 14.9 Å². The van der Waals surface area contributed by atoms with Gasteiger partial charge in [-0.3, -0.25) is 14.9 Å². The van der Waals surface area contributed by atoms with Crippen molar-refractivity contribution in [2.75, 3.05) is 13.1 Å². The first-order valence-electron chi connectivity index (χ1n) is 8.77. The third-order valence-corrected chi connectivity index (χ3v) is 4.58. The number of unbranched alkanes of at least 4 members (excludes halogenated alkanes) is 1. The Morgan fingerprint density at radius 3 is 2.42 bits per heavy atom. The smallest absolute Gasteiger partial charge is 0.0575 e. The van der Waals surface area contributed by atoms with E-state index in [0.29, 0.717) is 0 Å². The SMILES string of the molecule is Cc1cnc(CN(CCCCN)Cc2nccc(C)c2C)c(C)c1. The number of nitrogens with zero attached hydrogens (tertiary/aromatic N) is 3. The van der Waals surface area contributed by atoms with Gasteiger partial charge in [0.25, 0.3) is 0 Å². The molecule has 0 aromatic carbocycles. The summed E-state index contributed by atoms with van der Waals surface area (Å²) in [5.41, 5.74) is 13.0. The molecule has 0 radical (unpaired) electrons. The minimum Gasteiger partial charge on any atom is -0.330 e. The van der Waals surface area contributed by atoms with E-state index in [1.54, 1.807) is 0 Å². The molecule has 2 aromatic heterocycles. The standard InChI is InChI=1S/C20H30N4/c1-15-11-17(3)19(23-12-15)13-24(10-6-5-8-21)14-20-18(4)16(2)7-9-22-20/h7,9,11-12H,5-6,8,10,13-14,21H2,1-4H3. The van der Waals surface area contributed by atoms with Gasteiger partial charge in [0.15, 0.2) is 0 Å². The second-order valence-corrected chi connectivity index (χ2v) is 6.68. The van der Waals surface area contributed by atoms with E-state index in [4.69, 9.17) is 5.73 Å². The highest BCUT2D eigenvalue weighted by Crippen LogP contribution is 2.16. The first-order chi connectivity index (χ1) is 11.5. The summed E-state index contributed by atoms with van der Waals surface area (Å²) in [6, 6.07) is 4.28. The monoisotopic (exact) mass is 326 g/mol. The first-order valence-corrected chi connectivity index (χ1v) is 8.77. The largest absolute Gasteiger partial charge is 0.330 e. The van der Waals surface area contributed by atoms with Crippen LogP contribution in [0.15, 0.2) is 24.5 Å². The van der Waals surface area contributed by atoms with Gasteiger partial charge in [0.2, 0.25) is 0 Å². The van der Waals surface area contributed by atoms with E-state index in [0.717, 1.165) is 50.4 Å². The lowest BCUT2D eigenvalue weighted by atomic mass is 10.1. The maximum atomic E-state index is 5.66. The fourth-order valence-corrected chi connectivity index (χ4v) is 2.87. The fourth-order valence-electron chi connectivity index (χ4n) is 2.87. The Hall–Kier alpha value is -1.78. The van der Waals surface area contributed by atoms with Crippen LogP contribution in [0.5, 0.6) is 0 Å². The van der Waals surface area contributed by atoms with Crippen molar-refractivity contribution >= 4 is 0 Å². The van der Waals surface area contributed by atoms with Crippen LogP contribution in [0.4, 0.5) is 0 Å². The molecule has 4 nitrogen and oxygen atoms in total. The van der Waals surface area contributed by atoms with Gasteiger partial charge in [-0.2, -0.15) is 0 Å². The van der Waals surface area contributed by atoms with Crippen molar-refractivity contribution in [2.24, 2.45) is 5.73 Å². The number of aryl methyl sites for hydroxylation is 3. The van der Waals surface area contributed by atoms with Crippen LogP contribution in [0.1, 0.15) is 46.5 Å². The molecule has 0 spiro atoms. The van der Waals surface area contributed by atoms with Crippen molar-refractivity contribution in [3.05, 3.63) is 58.2 Å². The molecule has 0 saturated carbocycles. The third kappa shape index (κ3) is 5.11. The number of nitrogens with two attached hydrogens (primary N) is 1. The highest BCUT2D eigenvalue weighted by molar-refractivity contribution is 5.27. The molecule has 130 valence electrons. The van der Waals surface area contributed by atoms with Crippen molar-refractivity contribution in [2.45, 2.75) is 53.6 Å². The lowest BCUT2D eigenvalue weighted by molar-refractivity contribution is 0.245. The molecule has 0 aliphatic carbocycles. The van der Waals surface area contributed by atoms with Gasteiger partial charge in [0.05, 0.1) is 11.4 Å². The topological polar surface area (TPSA) is 55.0 Å². The molecular formula is C20H30N4. The number of hydrogen-bond acceptors (Lipinski definition) is 4. The van der Waals surface area contributed by atoms with E-state index >= 15 is 0 Å². The van der Waals surface area contributed by atoms with Crippen LogP contribution >= 0.6 is 0 Å². The zero-order valence-corrected chi connectivity index (χ0v) is 15.5. The maximum absolute atomic E-state index is 5.66. The highest BCUT2D eigenvalue weighted by atomic mass is 15.1. The zero-order chi connectivity index (χ0) is 17.5. The molecule has 0 amide bonds. The minimum atomic E-state index is 0.747. The van der Waals surface area contributed by atoms with Crippen molar-refractivity contribution < 1.29 is 0 Å². The van der Waals surface area contributed by atoms with Crippen LogP contribution in [-0.2, 0) is 13.1 Å². The molecule has 0 bridgehead atoms. The van der Waals surface area contributed by atoms with Gasteiger partial charge < -0.3 is 5.73 Å². The van der Waals surface area contributed by atoms with E-state index < -0.39 is 0 Å². The third-order valence-electron chi connectivity index (χ3n) is 4.58. The van der Waals surface area contributed by atoms with E-state index in [9.17, 15) is 0 Å². The summed E-state index contributed by atoms with van der Waals surface area (Å²) in [4.78, 5) is 11.7. The Bertz CT molecular complexity index is 667. The number of hydrogen-bond donors (Lipinski definition) is 1. The number of pyridine rings is 2. The molecule has 2 rings (SSSR count). The normalized spacial score (nSPS) is 11.2. The quantitative estimate of drug-likeness (QED) is 0.755. The minimum absolute atomic E-state index is 0.747. The van der Waals surface area contributed by atoms with E-state index in [1.807, 2.05) is 12.4 Å². The summed E-state index contributed by atoms with van der Waals surface area (Å²) in [6.07, 6.45) is 6.02. The van der Waals surface area contributed by atoms with Crippen LogP contribution in [0.2, 0.25) is 0 Å². The summed E-state index contributed by atoms with van der Waals surface area (Å²) < 4.78 is 0. The van der Waals surface area contributed by atoms with E-state index in [2.05, 4.69) is 54.7 Å². The molecule has 0 fully saturated rings. The average molecular weight is 326 g/mol. The first kappa shape index (κ1) is 18.6. The predicted octanol–water partition coefficient (Wildman–Crippen LogP) is 3.45. The summed E-state index contributed by atoms with van der Waals surface area (Å²) in [7, 11) is 0. The van der Waals surface area contributed by atoms with Crippen LogP contribution in [-0.4, -0.2) is 28.0 Å². The molecule has 0 aliphatic rings. The number of aromatic nitrogens is 2. The average Bonchev–Trinajstić information content (AvgIpc) is 2.54. The van der Waals surface area contributed by atoms with Crippen molar-refractivity contribution in [1.29, 1.82) is 0 Å². The van der Waals surface area contributed by atoms with Gasteiger partial charge in [0, 0.05) is 25.5 Å². The lowest BCUT2D eigenvalue weighted by Crippen LogP contribution is -2.26. The Balaban J connectivity index is 2.15. The second-order valence-electron chi connectivity index (χ2n) is 6.68. The summed E-state index contributed by atoms with van der Waals surface area (Å²) >= 11 is 0. The molecule has 24 heavy (non-hydrogen) atoms.